The molecular formula is C9H9N4O2-. The number of benzene rings is 1. The Labute approximate surface area is 85.9 Å². The summed E-state index contributed by atoms with van der Waals surface area (Å²) in [4.78, 5) is 4.06. The number of rotatable bonds is 0. The molecule has 2 aliphatic rings. The van der Waals surface area contributed by atoms with Crippen LogP contribution in [0.1, 0.15) is 5.56 Å². The molecule has 0 saturated heterocycles. The third kappa shape index (κ3) is 1.18. The van der Waals surface area contributed by atoms with E-state index >= 15 is 0 Å². The van der Waals surface area contributed by atoms with Crippen molar-refractivity contribution in [3.8, 4) is 5.75 Å². The number of guanidine groups is 1. The van der Waals surface area contributed by atoms with Gasteiger partial charge in [0.25, 0.3) is 0 Å². The van der Waals surface area contributed by atoms with Gasteiger partial charge in [-0.25, -0.2) is 4.99 Å². The van der Waals surface area contributed by atoms with Gasteiger partial charge in [-0.1, -0.05) is 0 Å². The fourth-order valence-electron chi connectivity index (χ4n) is 1.77. The largest absolute Gasteiger partial charge is 0.739 e. The third-order valence-electron chi connectivity index (χ3n) is 2.46. The molecule has 0 unspecified atom stereocenters. The number of nitrogens with two attached hydrogens (primary N) is 1. The van der Waals surface area contributed by atoms with Crippen LogP contribution in [0, 0.1) is 5.21 Å². The maximum Gasteiger partial charge on any atom is 0.212 e. The normalized spacial score (nSPS) is 17.4. The van der Waals surface area contributed by atoms with E-state index in [0.29, 0.717) is 23.2 Å². The van der Waals surface area contributed by atoms with Crippen molar-refractivity contribution in [2.45, 2.75) is 6.42 Å². The van der Waals surface area contributed by atoms with Crippen molar-refractivity contribution in [1.82, 2.24) is 5.43 Å². The van der Waals surface area contributed by atoms with Crippen LogP contribution in [0.2, 0.25) is 0 Å². The molecule has 0 amide bonds. The van der Waals surface area contributed by atoms with Crippen molar-refractivity contribution >= 4 is 17.3 Å². The van der Waals surface area contributed by atoms with Crippen LogP contribution in [0.5, 0.6) is 5.75 Å². The summed E-state index contributed by atoms with van der Waals surface area (Å²) in [6.45, 7) is 0.656. The van der Waals surface area contributed by atoms with Gasteiger partial charge in [0, 0.05) is 12.5 Å². The minimum Gasteiger partial charge on any atom is -0.739 e. The molecule has 0 saturated carbocycles. The summed E-state index contributed by atoms with van der Waals surface area (Å²) in [5, 5.41) is 12.1. The number of fused-ring (bicyclic) bond motifs is 2. The molecule has 2 aliphatic heterocycles. The van der Waals surface area contributed by atoms with Crippen LogP contribution >= 0.6 is 0 Å². The molecular weight excluding hydrogens is 196 g/mol. The summed E-state index contributed by atoms with van der Waals surface area (Å²) in [5.74, 6) is 0.864. The predicted octanol–water partition coefficient (Wildman–Crippen LogP) is 0.390. The van der Waals surface area contributed by atoms with Gasteiger partial charge in [0.05, 0.1) is 18.0 Å². The average Bonchev–Trinajstić information content (AvgIpc) is 2.61. The Bertz CT molecular complexity index is 458. The highest BCUT2D eigenvalue weighted by Crippen LogP contribution is 2.38. The lowest BCUT2D eigenvalue weighted by molar-refractivity contribution is 0.357. The lowest BCUT2D eigenvalue weighted by Gasteiger charge is -2.35. The Balaban J connectivity index is 2.18. The number of anilines is 1. The molecule has 0 bridgehead atoms. The number of nitrogens with zero attached hydrogens (tertiary/aromatic N) is 2. The monoisotopic (exact) mass is 205 g/mol. The summed E-state index contributed by atoms with van der Waals surface area (Å²) < 4.78 is 5.37. The van der Waals surface area contributed by atoms with Gasteiger partial charge in [-0.15, -0.1) is 0 Å². The minimum atomic E-state index is 0.108. The van der Waals surface area contributed by atoms with Crippen LogP contribution in [-0.2, 0) is 6.42 Å². The first-order chi connectivity index (χ1) is 7.24. The van der Waals surface area contributed by atoms with E-state index in [1.165, 1.54) is 0 Å². The highest BCUT2D eigenvalue weighted by atomic mass is 16.5. The molecule has 0 aromatic heterocycles. The molecule has 1 aromatic carbocycles. The smallest absolute Gasteiger partial charge is 0.212 e. The van der Waals surface area contributed by atoms with Crippen molar-refractivity contribution in [3.63, 3.8) is 0 Å². The Kier molecular flexibility index (Phi) is 1.54. The Morgan fingerprint density at radius 1 is 1.53 bits per heavy atom. The minimum absolute atomic E-state index is 0.108. The first kappa shape index (κ1) is 8.37. The molecule has 3 N–H and O–H groups in total. The zero-order chi connectivity index (χ0) is 10.4. The highest BCUT2D eigenvalue weighted by molar-refractivity contribution is 5.90. The lowest BCUT2D eigenvalue weighted by atomic mass is 10.1. The van der Waals surface area contributed by atoms with Crippen LogP contribution in [0.15, 0.2) is 17.1 Å². The van der Waals surface area contributed by atoms with E-state index in [0.717, 1.165) is 17.7 Å². The summed E-state index contributed by atoms with van der Waals surface area (Å²) in [6, 6.07) is 3.53. The van der Waals surface area contributed by atoms with Crippen molar-refractivity contribution < 1.29 is 4.74 Å². The van der Waals surface area contributed by atoms with Gasteiger partial charge in [0.15, 0.2) is 0 Å². The molecule has 0 fully saturated rings. The molecule has 0 aliphatic carbocycles. The van der Waals surface area contributed by atoms with Gasteiger partial charge >= 0.3 is 0 Å². The first-order valence-electron chi connectivity index (χ1n) is 4.62. The van der Waals surface area contributed by atoms with Gasteiger partial charge in [-0.3, -0.25) is 5.43 Å². The van der Waals surface area contributed by atoms with Gasteiger partial charge in [-0.2, -0.15) is 0 Å². The molecule has 1 aromatic rings. The van der Waals surface area contributed by atoms with E-state index in [2.05, 4.69) is 10.4 Å². The fourth-order valence-corrected chi connectivity index (χ4v) is 1.77. The van der Waals surface area contributed by atoms with E-state index < -0.39 is 0 Å². The van der Waals surface area contributed by atoms with Gasteiger partial charge in [-0.05, 0) is 11.6 Å². The second-order valence-electron chi connectivity index (χ2n) is 3.45. The van der Waals surface area contributed by atoms with Gasteiger partial charge < -0.3 is 20.9 Å². The summed E-state index contributed by atoms with van der Waals surface area (Å²) in [5.41, 5.74) is 9.92. The zero-order valence-corrected chi connectivity index (χ0v) is 7.86. The molecule has 3 rings (SSSR count). The second-order valence-corrected chi connectivity index (χ2v) is 3.45. The molecule has 0 spiro atoms. The van der Waals surface area contributed by atoms with E-state index in [1.54, 1.807) is 6.07 Å². The van der Waals surface area contributed by atoms with E-state index in [1.807, 2.05) is 6.07 Å². The Morgan fingerprint density at radius 2 is 2.40 bits per heavy atom. The molecule has 0 radical (unpaired) electrons. The molecule has 78 valence electrons. The lowest BCUT2D eigenvalue weighted by Crippen LogP contribution is -2.44. The molecule has 15 heavy (non-hydrogen) atoms. The van der Waals surface area contributed by atoms with Crippen molar-refractivity contribution in [1.29, 1.82) is 0 Å². The summed E-state index contributed by atoms with van der Waals surface area (Å²) >= 11 is 0. The van der Waals surface area contributed by atoms with Gasteiger partial charge in [0.2, 0.25) is 5.96 Å². The summed E-state index contributed by atoms with van der Waals surface area (Å²) in [6.07, 6.45) is 0.852. The van der Waals surface area contributed by atoms with E-state index in [9.17, 15) is 5.21 Å². The molecule has 6 nitrogen and oxygen atoms in total. The number of ether oxygens (including phenoxy) is 1. The van der Waals surface area contributed by atoms with Crippen LogP contribution < -0.4 is 21.1 Å². The summed E-state index contributed by atoms with van der Waals surface area (Å²) in [7, 11) is 0. The third-order valence-corrected chi connectivity index (χ3v) is 2.46. The zero-order valence-electron chi connectivity index (χ0n) is 7.86. The predicted molar refractivity (Wildman–Crippen MR) is 55.9 cm³/mol. The van der Waals surface area contributed by atoms with E-state index in [-0.39, 0.29) is 5.96 Å². The Hall–Kier alpha value is -1.95. The van der Waals surface area contributed by atoms with Crippen LogP contribution in [0.4, 0.5) is 11.4 Å². The SMILES string of the molecule is NC1=Nc2cc3c(cc2N([O-])N1)OCC3. The maximum atomic E-state index is 11.5. The van der Waals surface area contributed by atoms with Gasteiger partial charge in [0.1, 0.15) is 5.75 Å². The van der Waals surface area contributed by atoms with E-state index in [4.69, 9.17) is 10.5 Å². The van der Waals surface area contributed by atoms with Crippen molar-refractivity contribution in [3.05, 3.63) is 22.9 Å². The number of nitrogens with one attached hydrogen (secondary N) is 1. The van der Waals surface area contributed by atoms with Crippen LogP contribution in [0.3, 0.4) is 0 Å². The number of aliphatic imine (C=N–C) groups is 1. The highest BCUT2D eigenvalue weighted by Gasteiger charge is 2.19. The number of hydrogen-bond acceptors (Lipinski definition) is 6. The second kappa shape index (κ2) is 2.77. The average molecular weight is 205 g/mol. The Morgan fingerprint density at radius 3 is 3.27 bits per heavy atom. The topological polar surface area (TPSA) is 85.9 Å². The van der Waals surface area contributed by atoms with Crippen molar-refractivity contribution in [2.24, 2.45) is 10.7 Å². The number of hydrazine groups is 1. The quantitative estimate of drug-likeness (QED) is 0.639. The van der Waals surface area contributed by atoms with Crippen LogP contribution in [0.25, 0.3) is 0 Å². The molecule has 0 atom stereocenters. The molecule has 2 heterocycles. The number of hydrogen-bond donors (Lipinski definition) is 2. The van der Waals surface area contributed by atoms with Crippen LogP contribution in [-0.4, -0.2) is 12.6 Å². The maximum absolute atomic E-state index is 11.5. The first-order valence-corrected chi connectivity index (χ1v) is 4.62. The standard InChI is InChI=1S/C9H9N4O2/c10-9-11-6-3-5-1-2-15-8(5)4-7(6)13(14)12-9/h3-4H,1-2H2,(H3,10,11,12)/q-1. The fraction of sp³-hybridized carbons (Fsp3) is 0.222. The van der Waals surface area contributed by atoms with Crippen molar-refractivity contribution in [2.75, 3.05) is 11.8 Å². The molecule has 6 heteroatoms.